The van der Waals surface area contributed by atoms with Crippen LogP contribution in [-0.2, 0) is 0 Å². The summed E-state index contributed by atoms with van der Waals surface area (Å²) in [7, 11) is 0. The summed E-state index contributed by atoms with van der Waals surface area (Å²) in [6.45, 7) is 3.07. The van der Waals surface area contributed by atoms with Gasteiger partial charge < -0.3 is 5.32 Å². The molecule has 0 amide bonds. The van der Waals surface area contributed by atoms with Gasteiger partial charge in [0.25, 0.3) is 0 Å². The third kappa shape index (κ3) is 2.05. The summed E-state index contributed by atoms with van der Waals surface area (Å²) in [6.07, 6.45) is 5.88. The molecule has 1 aromatic carbocycles. The Labute approximate surface area is 112 Å². The van der Waals surface area contributed by atoms with Gasteiger partial charge in [0.15, 0.2) is 0 Å². The number of nitrogens with one attached hydrogen (secondary N) is 1. The zero-order valence-electron chi connectivity index (χ0n) is 10.5. The van der Waals surface area contributed by atoms with Gasteiger partial charge in [0, 0.05) is 18.1 Å². The highest BCUT2D eigenvalue weighted by molar-refractivity contribution is 6.35. The number of pyridine rings is 1. The smallest absolute Gasteiger partial charge is 0.0752 e. The van der Waals surface area contributed by atoms with Gasteiger partial charge in [-0.3, -0.25) is 4.98 Å². The van der Waals surface area contributed by atoms with Crippen LogP contribution < -0.4 is 5.32 Å². The fourth-order valence-corrected chi connectivity index (χ4v) is 2.84. The van der Waals surface area contributed by atoms with Crippen molar-refractivity contribution < 1.29 is 0 Å². The lowest BCUT2D eigenvalue weighted by atomic mass is 9.85. The average Bonchev–Trinajstić information content (AvgIpc) is 2.31. The Hall–Kier alpha value is -1.28. The second-order valence-electron chi connectivity index (χ2n) is 5.13. The first-order chi connectivity index (χ1) is 8.75. The highest BCUT2D eigenvalue weighted by Crippen LogP contribution is 2.34. The Morgan fingerprint density at radius 2 is 2.28 bits per heavy atom. The van der Waals surface area contributed by atoms with E-state index in [1.165, 1.54) is 19.3 Å². The summed E-state index contributed by atoms with van der Waals surface area (Å²) in [5, 5.41) is 5.44. The molecule has 1 fully saturated rings. The minimum atomic E-state index is 0.798. The van der Waals surface area contributed by atoms with Crippen LogP contribution in [0.25, 0.3) is 10.9 Å². The SMILES string of the molecule is Cc1cc(Cl)c(NCC2CCC2)c2cccnc12. The van der Waals surface area contributed by atoms with Crippen molar-refractivity contribution in [2.24, 2.45) is 5.92 Å². The Kier molecular flexibility index (Phi) is 3.13. The normalized spacial score (nSPS) is 15.7. The average molecular weight is 261 g/mol. The van der Waals surface area contributed by atoms with E-state index in [1.54, 1.807) is 0 Å². The third-order valence-electron chi connectivity index (χ3n) is 3.82. The van der Waals surface area contributed by atoms with Crippen molar-refractivity contribution in [3.8, 4) is 0 Å². The van der Waals surface area contributed by atoms with Crippen molar-refractivity contribution in [3.05, 3.63) is 35.0 Å². The number of hydrogen-bond donors (Lipinski definition) is 1. The first-order valence-corrected chi connectivity index (χ1v) is 6.91. The highest BCUT2D eigenvalue weighted by Gasteiger charge is 2.18. The number of nitrogens with zero attached hydrogens (tertiary/aromatic N) is 1. The second kappa shape index (κ2) is 4.77. The maximum atomic E-state index is 6.36. The van der Waals surface area contributed by atoms with Gasteiger partial charge in [0.2, 0.25) is 0 Å². The summed E-state index contributed by atoms with van der Waals surface area (Å²) in [6, 6.07) is 6.05. The fraction of sp³-hybridized carbons (Fsp3) is 0.400. The van der Waals surface area contributed by atoms with Gasteiger partial charge in [-0.25, -0.2) is 0 Å². The topological polar surface area (TPSA) is 24.9 Å². The fourth-order valence-electron chi connectivity index (χ4n) is 2.50. The van der Waals surface area contributed by atoms with E-state index in [0.29, 0.717) is 0 Å². The number of hydrogen-bond acceptors (Lipinski definition) is 2. The zero-order chi connectivity index (χ0) is 12.5. The molecule has 18 heavy (non-hydrogen) atoms. The number of aromatic nitrogens is 1. The van der Waals surface area contributed by atoms with E-state index in [-0.39, 0.29) is 0 Å². The van der Waals surface area contributed by atoms with Crippen LogP contribution in [-0.4, -0.2) is 11.5 Å². The molecule has 0 aliphatic heterocycles. The number of benzene rings is 1. The highest BCUT2D eigenvalue weighted by atomic mass is 35.5. The van der Waals surface area contributed by atoms with Crippen LogP contribution in [0.2, 0.25) is 5.02 Å². The molecule has 2 nitrogen and oxygen atoms in total. The summed E-state index contributed by atoms with van der Waals surface area (Å²) in [5.74, 6) is 0.814. The molecular weight excluding hydrogens is 244 g/mol. The van der Waals surface area contributed by atoms with Crippen LogP contribution in [0, 0.1) is 12.8 Å². The molecule has 1 aromatic heterocycles. The first kappa shape index (κ1) is 11.8. The van der Waals surface area contributed by atoms with Crippen molar-refractivity contribution in [2.75, 3.05) is 11.9 Å². The molecule has 0 atom stereocenters. The summed E-state index contributed by atoms with van der Waals surface area (Å²) in [5.41, 5.74) is 3.21. The van der Waals surface area contributed by atoms with Crippen LogP contribution in [0.3, 0.4) is 0 Å². The molecule has 1 aliphatic carbocycles. The number of fused-ring (bicyclic) bond motifs is 1. The van der Waals surface area contributed by atoms with Crippen molar-refractivity contribution in [2.45, 2.75) is 26.2 Å². The minimum Gasteiger partial charge on any atom is -0.383 e. The standard InChI is InChI=1S/C15H17ClN2/c1-10-8-13(16)15(18-9-11-4-2-5-11)12-6-3-7-17-14(10)12/h3,6-8,11,18H,2,4-5,9H2,1H3. The van der Waals surface area contributed by atoms with Gasteiger partial charge >= 0.3 is 0 Å². The Bertz CT molecular complexity index is 576. The lowest BCUT2D eigenvalue weighted by molar-refractivity contribution is 0.333. The molecule has 1 heterocycles. The summed E-state index contributed by atoms with van der Waals surface area (Å²) in [4.78, 5) is 4.45. The van der Waals surface area contributed by atoms with Gasteiger partial charge in [0.05, 0.1) is 16.2 Å². The van der Waals surface area contributed by atoms with Gasteiger partial charge in [-0.05, 0) is 49.4 Å². The van der Waals surface area contributed by atoms with E-state index in [9.17, 15) is 0 Å². The van der Waals surface area contributed by atoms with Crippen LogP contribution in [0.15, 0.2) is 24.4 Å². The van der Waals surface area contributed by atoms with Crippen LogP contribution in [0.5, 0.6) is 0 Å². The molecule has 1 aliphatic rings. The molecule has 0 spiro atoms. The van der Waals surface area contributed by atoms with E-state index in [0.717, 1.165) is 39.6 Å². The largest absolute Gasteiger partial charge is 0.383 e. The van der Waals surface area contributed by atoms with E-state index < -0.39 is 0 Å². The number of rotatable bonds is 3. The Morgan fingerprint density at radius 1 is 1.44 bits per heavy atom. The van der Waals surface area contributed by atoms with E-state index in [1.807, 2.05) is 18.3 Å². The van der Waals surface area contributed by atoms with Gasteiger partial charge in [-0.15, -0.1) is 0 Å². The number of halogens is 1. The quantitative estimate of drug-likeness (QED) is 0.884. The monoisotopic (exact) mass is 260 g/mol. The molecule has 0 radical (unpaired) electrons. The van der Waals surface area contributed by atoms with Crippen LogP contribution in [0.1, 0.15) is 24.8 Å². The molecular formula is C15H17ClN2. The lowest BCUT2D eigenvalue weighted by Crippen LogP contribution is -2.21. The molecule has 94 valence electrons. The van der Waals surface area contributed by atoms with E-state index in [4.69, 9.17) is 11.6 Å². The second-order valence-corrected chi connectivity index (χ2v) is 5.53. The van der Waals surface area contributed by atoms with Crippen molar-refractivity contribution in [1.82, 2.24) is 4.98 Å². The van der Waals surface area contributed by atoms with Gasteiger partial charge in [-0.2, -0.15) is 0 Å². The maximum Gasteiger partial charge on any atom is 0.0752 e. The molecule has 0 bridgehead atoms. The summed E-state index contributed by atoms with van der Waals surface area (Å²) < 4.78 is 0. The molecule has 0 saturated heterocycles. The molecule has 2 aromatic rings. The van der Waals surface area contributed by atoms with Crippen LogP contribution in [0.4, 0.5) is 5.69 Å². The Morgan fingerprint density at radius 3 is 3.00 bits per heavy atom. The third-order valence-corrected chi connectivity index (χ3v) is 4.12. The first-order valence-electron chi connectivity index (χ1n) is 6.53. The predicted molar refractivity (Wildman–Crippen MR) is 77.3 cm³/mol. The minimum absolute atomic E-state index is 0.798. The lowest BCUT2D eigenvalue weighted by Gasteiger charge is -2.26. The maximum absolute atomic E-state index is 6.36. The summed E-state index contributed by atoms with van der Waals surface area (Å²) >= 11 is 6.36. The predicted octanol–water partition coefficient (Wildman–Crippen LogP) is 4.41. The van der Waals surface area contributed by atoms with Gasteiger partial charge in [0.1, 0.15) is 0 Å². The van der Waals surface area contributed by atoms with Crippen LogP contribution >= 0.6 is 11.6 Å². The molecule has 1 N–H and O–H groups in total. The molecule has 0 unspecified atom stereocenters. The zero-order valence-corrected chi connectivity index (χ0v) is 11.3. The van der Waals surface area contributed by atoms with E-state index >= 15 is 0 Å². The van der Waals surface area contributed by atoms with Gasteiger partial charge in [-0.1, -0.05) is 18.0 Å². The molecule has 3 rings (SSSR count). The number of anilines is 1. The molecule has 1 saturated carbocycles. The number of aryl methyl sites for hydroxylation is 1. The van der Waals surface area contributed by atoms with Crippen molar-refractivity contribution in [3.63, 3.8) is 0 Å². The van der Waals surface area contributed by atoms with Crippen molar-refractivity contribution >= 4 is 28.2 Å². The molecule has 3 heteroatoms. The Balaban J connectivity index is 1.98. The van der Waals surface area contributed by atoms with E-state index in [2.05, 4.69) is 23.3 Å². The van der Waals surface area contributed by atoms with Crippen molar-refractivity contribution in [1.29, 1.82) is 0 Å².